The van der Waals surface area contributed by atoms with Crippen LogP contribution in [0.5, 0.6) is 0 Å². The molecule has 1 heterocycles. The Morgan fingerprint density at radius 3 is 2.87 bits per heavy atom. The highest BCUT2D eigenvalue weighted by Gasteiger charge is 2.08. The molecule has 15 heavy (non-hydrogen) atoms. The van der Waals surface area contributed by atoms with Crippen molar-refractivity contribution in [2.45, 2.75) is 26.7 Å². The van der Waals surface area contributed by atoms with Gasteiger partial charge in [-0.3, -0.25) is 0 Å². The van der Waals surface area contributed by atoms with Gasteiger partial charge in [0.25, 0.3) is 0 Å². The molecular weight excluding hydrogens is 186 g/mol. The summed E-state index contributed by atoms with van der Waals surface area (Å²) in [6, 6.07) is 6.31. The number of aromatic amines is 1. The fraction of sp³-hybridized carbons (Fsp3) is 0.308. The average Bonchev–Trinajstić information content (AvgIpc) is 2.57. The number of benzene rings is 1. The SMILES string of the molecule is CCc1cccc2c(C)c(CC=O)[nH]c12. The number of hydrogen-bond acceptors (Lipinski definition) is 1. The molecule has 0 aliphatic rings. The predicted molar refractivity (Wildman–Crippen MR) is 62.2 cm³/mol. The van der Waals surface area contributed by atoms with E-state index in [2.05, 4.69) is 37.0 Å². The summed E-state index contributed by atoms with van der Waals surface area (Å²) in [6.07, 6.45) is 2.44. The number of carbonyl (C=O) groups is 1. The van der Waals surface area contributed by atoms with Gasteiger partial charge in [0, 0.05) is 23.0 Å². The quantitative estimate of drug-likeness (QED) is 0.761. The van der Waals surface area contributed by atoms with Crippen LogP contribution < -0.4 is 0 Å². The van der Waals surface area contributed by atoms with Crippen LogP contribution in [0, 0.1) is 6.92 Å². The maximum atomic E-state index is 10.5. The highest BCUT2D eigenvalue weighted by atomic mass is 16.1. The van der Waals surface area contributed by atoms with E-state index in [-0.39, 0.29) is 0 Å². The second-order valence-corrected chi connectivity index (χ2v) is 3.79. The third kappa shape index (κ3) is 1.56. The molecule has 0 fully saturated rings. The largest absolute Gasteiger partial charge is 0.358 e. The molecule has 0 aliphatic heterocycles. The number of para-hydroxylation sites is 1. The second-order valence-electron chi connectivity index (χ2n) is 3.79. The highest BCUT2D eigenvalue weighted by molar-refractivity contribution is 5.87. The maximum Gasteiger partial charge on any atom is 0.125 e. The molecule has 2 rings (SSSR count). The first-order valence-corrected chi connectivity index (χ1v) is 5.30. The van der Waals surface area contributed by atoms with Crippen LogP contribution in [0.15, 0.2) is 18.2 Å². The van der Waals surface area contributed by atoms with Crippen LogP contribution in [-0.4, -0.2) is 11.3 Å². The Bertz CT molecular complexity index is 496. The Morgan fingerprint density at radius 2 is 2.20 bits per heavy atom. The molecule has 0 bridgehead atoms. The number of aromatic nitrogens is 1. The Hall–Kier alpha value is -1.57. The smallest absolute Gasteiger partial charge is 0.125 e. The zero-order chi connectivity index (χ0) is 10.8. The summed E-state index contributed by atoms with van der Waals surface area (Å²) in [5.74, 6) is 0. The Kier molecular flexibility index (Phi) is 2.58. The molecule has 0 spiro atoms. The summed E-state index contributed by atoms with van der Waals surface area (Å²) in [5, 5.41) is 1.24. The monoisotopic (exact) mass is 201 g/mol. The molecule has 0 unspecified atom stereocenters. The lowest BCUT2D eigenvalue weighted by Gasteiger charge is -1.98. The number of hydrogen-bond donors (Lipinski definition) is 1. The number of nitrogens with one attached hydrogen (secondary N) is 1. The zero-order valence-electron chi connectivity index (χ0n) is 9.13. The van der Waals surface area contributed by atoms with Gasteiger partial charge >= 0.3 is 0 Å². The summed E-state index contributed by atoms with van der Waals surface area (Å²) in [7, 11) is 0. The summed E-state index contributed by atoms with van der Waals surface area (Å²) < 4.78 is 0. The number of fused-ring (bicyclic) bond motifs is 1. The molecule has 1 aromatic heterocycles. The summed E-state index contributed by atoms with van der Waals surface area (Å²) >= 11 is 0. The van der Waals surface area contributed by atoms with Crippen molar-refractivity contribution in [1.82, 2.24) is 4.98 Å². The fourth-order valence-corrected chi connectivity index (χ4v) is 2.05. The summed E-state index contributed by atoms with van der Waals surface area (Å²) in [5.41, 5.74) is 4.75. The molecule has 0 aliphatic carbocycles. The molecule has 2 heteroatoms. The Morgan fingerprint density at radius 1 is 1.40 bits per heavy atom. The first kappa shape index (κ1) is 9.97. The van der Waals surface area contributed by atoms with Gasteiger partial charge in [-0.15, -0.1) is 0 Å². The molecular formula is C13H15NO. The van der Waals surface area contributed by atoms with E-state index in [0.717, 1.165) is 18.4 Å². The first-order chi connectivity index (χ1) is 7.27. The van der Waals surface area contributed by atoms with Gasteiger partial charge in [0.1, 0.15) is 6.29 Å². The minimum absolute atomic E-state index is 0.476. The molecule has 1 aromatic carbocycles. The minimum atomic E-state index is 0.476. The van der Waals surface area contributed by atoms with Crippen molar-refractivity contribution < 1.29 is 4.79 Å². The lowest BCUT2D eigenvalue weighted by molar-refractivity contribution is -0.107. The van der Waals surface area contributed by atoms with E-state index in [9.17, 15) is 4.79 Å². The predicted octanol–water partition coefficient (Wildman–Crippen LogP) is 2.78. The molecule has 0 radical (unpaired) electrons. The minimum Gasteiger partial charge on any atom is -0.358 e. The molecule has 0 saturated carbocycles. The van der Waals surface area contributed by atoms with Crippen molar-refractivity contribution in [1.29, 1.82) is 0 Å². The Balaban J connectivity index is 2.69. The highest BCUT2D eigenvalue weighted by Crippen LogP contribution is 2.24. The van der Waals surface area contributed by atoms with Crippen LogP contribution in [0.4, 0.5) is 0 Å². The van der Waals surface area contributed by atoms with E-state index < -0.39 is 0 Å². The van der Waals surface area contributed by atoms with Crippen LogP contribution >= 0.6 is 0 Å². The van der Waals surface area contributed by atoms with E-state index in [1.807, 2.05) is 0 Å². The van der Waals surface area contributed by atoms with Crippen molar-refractivity contribution in [2.24, 2.45) is 0 Å². The summed E-state index contributed by atoms with van der Waals surface area (Å²) in [4.78, 5) is 13.9. The van der Waals surface area contributed by atoms with Crippen LogP contribution in [0.1, 0.15) is 23.7 Å². The molecule has 2 aromatic rings. The van der Waals surface area contributed by atoms with Crippen molar-refractivity contribution >= 4 is 17.2 Å². The van der Waals surface area contributed by atoms with E-state index >= 15 is 0 Å². The van der Waals surface area contributed by atoms with Gasteiger partial charge in [-0.05, 0) is 24.5 Å². The normalized spacial score (nSPS) is 10.8. The molecule has 1 N–H and O–H groups in total. The number of carbonyl (C=O) groups excluding carboxylic acids is 1. The topological polar surface area (TPSA) is 32.9 Å². The second kappa shape index (κ2) is 3.89. The van der Waals surface area contributed by atoms with Crippen molar-refractivity contribution in [2.75, 3.05) is 0 Å². The van der Waals surface area contributed by atoms with E-state index in [4.69, 9.17) is 0 Å². The van der Waals surface area contributed by atoms with Gasteiger partial charge in [-0.1, -0.05) is 25.1 Å². The molecule has 0 atom stereocenters. The van der Waals surface area contributed by atoms with E-state index in [1.165, 1.54) is 22.0 Å². The van der Waals surface area contributed by atoms with Crippen molar-refractivity contribution in [3.63, 3.8) is 0 Å². The molecule has 78 valence electrons. The van der Waals surface area contributed by atoms with Gasteiger partial charge in [0.2, 0.25) is 0 Å². The first-order valence-electron chi connectivity index (χ1n) is 5.30. The van der Waals surface area contributed by atoms with Gasteiger partial charge in [0.15, 0.2) is 0 Å². The van der Waals surface area contributed by atoms with Crippen LogP contribution in [0.3, 0.4) is 0 Å². The van der Waals surface area contributed by atoms with E-state index in [1.54, 1.807) is 0 Å². The number of H-pyrrole nitrogens is 1. The third-order valence-electron chi connectivity index (χ3n) is 2.95. The number of aldehydes is 1. The van der Waals surface area contributed by atoms with Gasteiger partial charge in [-0.25, -0.2) is 0 Å². The summed E-state index contributed by atoms with van der Waals surface area (Å²) in [6.45, 7) is 4.21. The van der Waals surface area contributed by atoms with Crippen LogP contribution in [0.2, 0.25) is 0 Å². The standard InChI is InChI=1S/C13H15NO/c1-3-10-5-4-6-11-9(2)12(7-8-15)14-13(10)11/h4-6,8,14H,3,7H2,1-2H3. The molecule has 0 saturated heterocycles. The third-order valence-corrected chi connectivity index (χ3v) is 2.95. The molecule has 0 amide bonds. The van der Waals surface area contributed by atoms with Crippen molar-refractivity contribution in [3.8, 4) is 0 Å². The maximum absolute atomic E-state index is 10.5. The lowest BCUT2D eigenvalue weighted by atomic mass is 10.1. The van der Waals surface area contributed by atoms with Crippen LogP contribution in [0.25, 0.3) is 10.9 Å². The fourth-order valence-electron chi connectivity index (χ4n) is 2.05. The number of rotatable bonds is 3. The zero-order valence-corrected chi connectivity index (χ0v) is 9.13. The van der Waals surface area contributed by atoms with Gasteiger partial charge < -0.3 is 9.78 Å². The van der Waals surface area contributed by atoms with E-state index in [0.29, 0.717) is 6.42 Å². The Labute approximate surface area is 89.3 Å². The average molecular weight is 201 g/mol. The van der Waals surface area contributed by atoms with Crippen molar-refractivity contribution in [3.05, 3.63) is 35.0 Å². The van der Waals surface area contributed by atoms with Gasteiger partial charge in [-0.2, -0.15) is 0 Å². The molecule has 2 nitrogen and oxygen atoms in total. The van der Waals surface area contributed by atoms with Gasteiger partial charge in [0.05, 0.1) is 0 Å². The lowest BCUT2D eigenvalue weighted by Crippen LogP contribution is -1.88. The van der Waals surface area contributed by atoms with Crippen LogP contribution in [-0.2, 0) is 17.6 Å². The number of aryl methyl sites for hydroxylation is 2.